The summed E-state index contributed by atoms with van der Waals surface area (Å²) in [6.07, 6.45) is 0.0378. The Labute approximate surface area is 267 Å². The molecule has 23 heteroatoms. The van der Waals surface area contributed by atoms with E-state index in [9.17, 15) is 52.4 Å². The molecule has 1 aliphatic rings. The predicted octanol–water partition coefficient (Wildman–Crippen LogP) is -0.843. The molecule has 1 saturated heterocycles. The van der Waals surface area contributed by atoms with Crippen LogP contribution in [0.2, 0.25) is 0 Å². The average molecular weight is 699 g/mol. The quantitative estimate of drug-likeness (QED) is 0.0376. The number of anilines is 1. The molecule has 0 radical (unpaired) electrons. The molecule has 3 aromatic rings. The van der Waals surface area contributed by atoms with Crippen molar-refractivity contribution in [1.82, 2.24) is 29.8 Å². The molecule has 0 aliphatic carbocycles. The van der Waals surface area contributed by atoms with Crippen LogP contribution in [0.5, 0.6) is 5.75 Å². The van der Waals surface area contributed by atoms with E-state index in [0.717, 1.165) is 37.4 Å². The van der Waals surface area contributed by atoms with Gasteiger partial charge in [-0.3, -0.25) is 18.9 Å². The second-order valence-electron chi connectivity index (χ2n) is 10.3. The first-order chi connectivity index (χ1) is 21.9. The summed E-state index contributed by atoms with van der Waals surface area (Å²) >= 11 is 0.925. The maximum absolute atomic E-state index is 13.3. The molecule has 0 saturated carbocycles. The highest BCUT2D eigenvalue weighted by Crippen LogP contribution is 2.32. The van der Waals surface area contributed by atoms with Crippen LogP contribution in [0, 0.1) is 5.92 Å². The molecule has 1 fully saturated rings. The number of pyridine rings is 1. The van der Waals surface area contributed by atoms with Gasteiger partial charge in [-0.25, -0.2) is 18.9 Å². The summed E-state index contributed by atoms with van der Waals surface area (Å²) in [7, 11) is -5.11. The normalized spacial score (nSPS) is 16.8. The summed E-state index contributed by atoms with van der Waals surface area (Å²) in [5.41, 5.74) is 2.20. The van der Waals surface area contributed by atoms with Crippen molar-refractivity contribution in [2.24, 2.45) is 11.1 Å². The Hall–Kier alpha value is -5.55. The SMILES string of the molecule is CC(C)(O/N=C(\C(=O)C[C@@H]1C(=O)N(S(=O)(=O)O)[C@@H]1CNC(=O)NCc1cc(-c2cc(=O)c(O)cn2O)no1)c1csc(N)n1)C(=O)O. The van der Waals surface area contributed by atoms with Crippen molar-refractivity contribution in [3.8, 4) is 17.1 Å². The number of ketones is 1. The number of oxime groups is 1. The zero-order chi connectivity index (χ0) is 34.8. The third kappa shape index (κ3) is 7.64. The van der Waals surface area contributed by atoms with Gasteiger partial charge in [-0.05, 0) is 13.8 Å². The number of thiazole rings is 1. The first-order valence-electron chi connectivity index (χ1n) is 13.1. The number of amides is 3. The van der Waals surface area contributed by atoms with Crippen LogP contribution in [-0.4, -0.2) is 95.2 Å². The van der Waals surface area contributed by atoms with Gasteiger partial charge in [0.25, 0.3) is 0 Å². The lowest BCUT2D eigenvalue weighted by atomic mass is 9.84. The molecule has 2 atom stereocenters. The van der Waals surface area contributed by atoms with Crippen molar-refractivity contribution in [3.63, 3.8) is 0 Å². The van der Waals surface area contributed by atoms with E-state index in [-0.39, 0.29) is 38.8 Å². The van der Waals surface area contributed by atoms with Crippen molar-refractivity contribution < 1.29 is 56.9 Å². The Morgan fingerprint density at radius 1 is 1.23 bits per heavy atom. The van der Waals surface area contributed by atoms with Crippen LogP contribution < -0.4 is 21.8 Å². The Bertz CT molecular complexity index is 1930. The van der Waals surface area contributed by atoms with E-state index < -0.39 is 81.4 Å². The lowest BCUT2D eigenvalue weighted by Gasteiger charge is -2.43. The topological polar surface area (TPSA) is 319 Å². The van der Waals surface area contributed by atoms with Crippen LogP contribution in [0.25, 0.3) is 11.4 Å². The molecule has 0 aromatic carbocycles. The lowest BCUT2D eigenvalue weighted by Crippen LogP contribution is -2.66. The van der Waals surface area contributed by atoms with Crippen molar-refractivity contribution >= 4 is 56.2 Å². The number of aromatic nitrogens is 3. The first kappa shape index (κ1) is 34.3. The minimum Gasteiger partial charge on any atom is -0.503 e. The summed E-state index contributed by atoms with van der Waals surface area (Å²) in [5, 5.41) is 41.9. The zero-order valence-corrected chi connectivity index (χ0v) is 25.8. The molecular weight excluding hydrogens is 672 g/mol. The maximum atomic E-state index is 13.3. The monoisotopic (exact) mass is 698 g/mol. The fourth-order valence-electron chi connectivity index (χ4n) is 4.09. The number of nitrogen functional groups attached to an aromatic ring is 1. The predicted molar refractivity (Wildman–Crippen MR) is 156 cm³/mol. The van der Waals surface area contributed by atoms with Crippen molar-refractivity contribution in [2.45, 2.75) is 38.5 Å². The van der Waals surface area contributed by atoms with E-state index in [1.807, 2.05) is 0 Å². The Morgan fingerprint density at radius 2 is 1.94 bits per heavy atom. The summed E-state index contributed by atoms with van der Waals surface area (Å²) in [6, 6.07) is -0.181. The maximum Gasteiger partial charge on any atom is 0.362 e. The number of carboxylic acids is 1. The van der Waals surface area contributed by atoms with Gasteiger partial charge >= 0.3 is 22.3 Å². The molecule has 4 rings (SSSR count). The van der Waals surface area contributed by atoms with Crippen LogP contribution in [0.1, 0.15) is 31.7 Å². The molecule has 1 aliphatic heterocycles. The van der Waals surface area contributed by atoms with Crippen LogP contribution in [-0.2, 0) is 36.1 Å². The van der Waals surface area contributed by atoms with Gasteiger partial charge in [0.2, 0.25) is 16.9 Å². The number of aromatic hydroxyl groups is 1. The third-order valence-corrected chi connectivity index (χ3v) is 8.21. The first-order valence-corrected chi connectivity index (χ1v) is 15.3. The Balaban J connectivity index is 1.43. The molecule has 21 nitrogen and oxygen atoms in total. The van der Waals surface area contributed by atoms with E-state index in [1.165, 1.54) is 11.4 Å². The molecular formula is C24H26N8O13S2. The average Bonchev–Trinajstić information content (AvgIpc) is 3.62. The van der Waals surface area contributed by atoms with E-state index in [4.69, 9.17) is 15.1 Å². The standard InChI is InChI=1S/C24H26N8O13S2/c1-24(2,21(37)38)45-30-19(13-9-46-22(25)28-13)17(34)4-11-15(32(20(11)36)47(41,42)43)7-27-23(39)26-6-10-3-12(29-44-10)14-5-16(33)18(35)8-31(14)40/h3,5,8-9,11,15,35,40H,4,6-7H2,1-2H3,(H2,25,28)(H,37,38)(H2,26,27,39)(H,41,42,43)/b30-19-/t11-,15+/m0/s1. The number of nitrogens with two attached hydrogens (primary N) is 1. The van der Waals surface area contributed by atoms with Gasteiger partial charge in [0.15, 0.2) is 28.1 Å². The molecule has 8 N–H and O–H groups in total. The van der Waals surface area contributed by atoms with Gasteiger partial charge in [0, 0.05) is 30.5 Å². The second-order valence-corrected chi connectivity index (χ2v) is 12.5. The number of rotatable bonds is 13. The zero-order valence-electron chi connectivity index (χ0n) is 24.2. The van der Waals surface area contributed by atoms with Gasteiger partial charge < -0.3 is 41.1 Å². The number of aliphatic carboxylic acids is 1. The Kier molecular flexibility index (Phi) is 9.53. The molecule has 47 heavy (non-hydrogen) atoms. The molecule has 0 spiro atoms. The van der Waals surface area contributed by atoms with Crippen molar-refractivity contribution in [1.29, 1.82) is 0 Å². The molecule has 3 aromatic heterocycles. The van der Waals surface area contributed by atoms with Crippen molar-refractivity contribution in [2.75, 3.05) is 12.3 Å². The smallest absolute Gasteiger partial charge is 0.362 e. The van der Waals surface area contributed by atoms with Gasteiger partial charge in [-0.1, -0.05) is 10.3 Å². The van der Waals surface area contributed by atoms with Crippen molar-refractivity contribution in [3.05, 3.63) is 45.4 Å². The molecule has 0 unspecified atom stereocenters. The van der Waals surface area contributed by atoms with Crippen LogP contribution in [0.3, 0.4) is 0 Å². The summed E-state index contributed by atoms with van der Waals surface area (Å²) in [5.74, 6) is -5.55. The number of Topliss-reactive ketones (excluding diaryl/α,β-unsaturated/α-hetero) is 1. The molecule has 3 amide bonds. The number of β-lactam (4-membered cyclic amide) rings is 1. The minimum absolute atomic E-state index is 0.0220. The number of nitrogens with zero attached hydrogens (tertiary/aromatic N) is 5. The fraction of sp³-hybridized carbons (Fsp3) is 0.333. The highest BCUT2D eigenvalue weighted by atomic mass is 32.2. The van der Waals surface area contributed by atoms with E-state index in [2.05, 4.69) is 25.9 Å². The van der Waals surface area contributed by atoms with Crippen LogP contribution in [0.4, 0.5) is 9.93 Å². The number of nitrogens with one attached hydrogen (secondary N) is 2. The Morgan fingerprint density at radius 3 is 2.55 bits per heavy atom. The van der Waals surface area contributed by atoms with Gasteiger partial charge in [-0.2, -0.15) is 13.1 Å². The third-order valence-electron chi connectivity index (χ3n) is 6.59. The van der Waals surface area contributed by atoms with Crippen LogP contribution >= 0.6 is 11.3 Å². The largest absolute Gasteiger partial charge is 0.503 e. The number of hydrogen-bond acceptors (Lipinski definition) is 16. The molecule has 252 valence electrons. The number of carbonyl (C=O) groups excluding carboxylic acids is 3. The summed E-state index contributed by atoms with van der Waals surface area (Å²) in [4.78, 5) is 70.5. The van der Waals surface area contributed by atoms with Gasteiger partial charge in [-0.15, -0.1) is 11.3 Å². The summed E-state index contributed by atoms with van der Waals surface area (Å²) < 4.78 is 38.9. The number of carbonyl (C=O) groups is 4. The van der Waals surface area contributed by atoms with Gasteiger partial charge in [0.05, 0.1) is 24.7 Å². The number of hydrogen-bond donors (Lipinski definition) is 7. The lowest BCUT2D eigenvalue weighted by molar-refractivity contribution is -0.161. The van der Waals surface area contributed by atoms with Crippen LogP contribution in [0.15, 0.2) is 38.2 Å². The minimum atomic E-state index is -5.11. The second kappa shape index (κ2) is 13.1. The van der Waals surface area contributed by atoms with E-state index in [1.54, 1.807) is 0 Å². The van der Waals surface area contributed by atoms with E-state index in [0.29, 0.717) is 4.73 Å². The highest BCUT2D eigenvalue weighted by Gasteiger charge is 2.54. The fourth-order valence-corrected chi connectivity index (χ4v) is 5.56. The number of carboxylic acid groups (broad SMARTS) is 1. The molecule has 0 bridgehead atoms. The summed E-state index contributed by atoms with van der Waals surface area (Å²) in [6.45, 7) is 1.45. The van der Waals surface area contributed by atoms with Gasteiger partial charge in [0.1, 0.15) is 17.1 Å². The molecule has 4 heterocycles. The highest BCUT2D eigenvalue weighted by molar-refractivity contribution is 7.84. The van der Waals surface area contributed by atoms with E-state index >= 15 is 0 Å². The number of urea groups is 1.